The minimum atomic E-state index is -0.482. The predicted molar refractivity (Wildman–Crippen MR) is 112 cm³/mol. The van der Waals surface area contributed by atoms with Crippen molar-refractivity contribution in [2.24, 2.45) is 0 Å². The van der Waals surface area contributed by atoms with Gasteiger partial charge in [0.2, 0.25) is 0 Å². The van der Waals surface area contributed by atoms with Gasteiger partial charge in [-0.1, -0.05) is 0 Å². The van der Waals surface area contributed by atoms with Crippen LogP contribution >= 0.6 is 11.3 Å². The fourth-order valence-corrected chi connectivity index (χ4v) is 5.46. The van der Waals surface area contributed by atoms with E-state index in [1.807, 2.05) is 23.3 Å². The summed E-state index contributed by atoms with van der Waals surface area (Å²) in [5, 5.41) is 12.8. The number of nitrogens with zero attached hydrogens (tertiary/aromatic N) is 5. The number of hydrogen-bond donors (Lipinski definition) is 0. The fourth-order valence-electron chi connectivity index (χ4n) is 4.60. The Morgan fingerprint density at radius 3 is 2.84 bits per heavy atom. The van der Waals surface area contributed by atoms with Crippen LogP contribution in [-0.4, -0.2) is 76.1 Å². The van der Waals surface area contributed by atoms with Gasteiger partial charge in [-0.3, -0.25) is 19.8 Å². The second-order valence-corrected chi connectivity index (χ2v) is 9.03. The Labute approximate surface area is 182 Å². The molecule has 3 fully saturated rings. The first-order valence-electron chi connectivity index (χ1n) is 10.1. The zero-order valence-electron chi connectivity index (χ0n) is 16.8. The molecular formula is C20H21N5O5S. The average molecular weight is 443 g/mol. The van der Waals surface area contributed by atoms with Crippen molar-refractivity contribution in [3.63, 3.8) is 0 Å². The fraction of sp³-hybridized carbons (Fsp3) is 0.450. The van der Waals surface area contributed by atoms with Gasteiger partial charge < -0.3 is 14.5 Å². The quantitative estimate of drug-likeness (QED) is 0.527. The molecule has 0 spiro atoms. The van der Waals surface area contributed by atoms with Gasteiger partial charge in [-0.05, 0) is 36.4 Å². The average Bonchev–Trinajstić information content (AvgIpc) is 3.51. The number of fused-ring (bicyclic) bond motifs is 1. The highest BCUT2D eigenvalue weighted by molar-refractivity contribution is 7.12. The summed E-state index contributed by atoms with van der Waals surface area (Å²) < 4.78 is 5.62. The third-order valence-corrected chi connectivity index (χ3v) is 7.15. The van der Waals surface area contributed by atoms with E-state index >= 15 is 0 Å². The van der Waals surface area contributed by atoms with Gasteiger partial charge in [-0.25, -0.2) is 9.78 Å². The summed E-state index contributed by atoms with van der Waals surface area (Å²) in [6.07, 6.45) is 1.33. The van der Waals surface area contributed by atoms with Gasteiger partial charge in [0.05, 0.1) is 28.4 Å². The van der Waals surface area contributed by atoms with E-state index < -0.39 is 4.92 Å². The molecular weight excluding hydrogens is 422 g/mol. The highest BCUT2D eigenvalue weighted by atomic mass is 32.1. The van der Waals surface area contributed by atoms with Crippen molar-refractivity contribution in [2.75, 3.05) is 31.1 Å². The molecule has 0 saturated carbocycles. The molecule has 3 aliphatic heterocycles. The van der Waals surface area contributed by atoms with Crippen molar-refractivity contribution in [2.45, 2.75) is 31.5 Å². The number of rotatable bonds is 4. The molecule has 2 aromatic heterocycles. The smallest absolute Gasteiger partial charge is 0.410 e. The van der Waals surface area contributed by atoms with E-state index in [1.165, 1.54) is 23.6 Å². The molecule has 3 atom stereocenters. The van der Waals surface area contributed by atoms with Crippen LogP contribution in [0.3, 0.4) is 0 Å². The van der Waals surface area contributed by atoms with E-state index in [-0.39, 0.29) is 35.9 Å². The van der Waals surface area contributed by atoms with Crippen LogP contribution in [0, 0.1) is 17.0 Å². The second kappa shape index (κ2) is 7.49. The van der Waals surface area contributed by atoms with Crippen LogP contribution in [0.25, 0.3) is 0 Å². The van der Waals surface area contributed by atoms with Crippen molar-refractivity contribution in [1.82, 2.24) is 14.8 Å². The molecule has 0 aromatic carbocycles. The Bertz CT molecular complexity index is 1040. The van der Waals surface area contributed by atoms with Gasteiger partial charge >= 0.3 is 6.09 Å². The first-order chi connectivity index (χ1) is 14.9. The summed E-state index contributed by atoms with van der Waals surface area (Å²) in [5.74, 6) is 0.625. The maximum atomic E-state index is 12.8. The maximum absolute atomic E-state index is 12.8. The van der Waals surface area contributed by atoms with Gasteiger partial charge in [0.15, 0.2) is 0 Å². The summed E-state index contributed by atoms with van der Waals surface area (Å²) in [4.78, 5) is 46.2. The van der Waals surface area contributed by atoms with Gasteiger partial charge in [0, 0.05) is 25.7 Å². The molecule has 0 N–H and O–H groups in total. The van der Waals surface area contributed by atoms with Crippen molar-refractivity contribution in [1.29, 1.82) is 0 Å². The normalized spacial score (nSPS) is 25.1. The standard InChI is InChI=1S/C20H21N5O5S/c1-12-6-17(31-11-12)19(26)22-5-4-14(8-22)24-15-9-23(10-16(15)30-20(24)27)18-3-2-13(7-21-18)25(28)29/h2-3,6-7,11,14-16H,4-5,8-10H2,1H3/t14?,15-,16+/m1/s1. The third-order valence-electron chi connectivity index (χ3n) is 6.11. The van der Waals surface area contributed by atoms with Gasteiger partial charge in [0.1, 0.15) is 18.1 Å². The molecule has 31 heavy (non-hydrogen) atoms. The van der Waals surface area contributed by atoms with Crippen molar-refractivity contribution >= 4 is 34.8 Å². The lowest BCUT2D eigenvalue weighted by Crippen LogP contribution is -2.46. The topological polar surface area (TPSA) is 109 Å². The summed E-state index contributed by atoms with van der Waals surface area (Å²) in [7, 11) is 0. The van der Waals surface area contributed by atoms with Gasteiger partial charge in [0.25, 0.3) is 11.6 Å². The molecule has 10 nitrogen and oxygen atoms in total. The summed E-state index contributed by atoms with van der Waals surface area (Å²) in [5.41, 5.74) is 1.01. The molecule has 3 saturated heterocycles. The first kappa shape index (κ1) is 19.7. The van der Waals surface area contributed by atoms with Crippen LogP contribution in [0.1, 0.15) is 21.7 Å². The lowest BCUT2D eigenvalue weighted by Gasteiger charge is -2.28. The summed E-state index contributed by atoms with van der Waals surface area (Å²) in [6.45, 7) is 4.09. The molecule has 2 amide bonds. The van der Waals surface area contributed by atoms with Crippen LogP contribution in [0.15, 0.2) is 29.8 Å². The number of anilines is 1. The highest BCUT2D eigenvalue weighted by Crippen LogP contribution is 2.34. The van der Waals surface area contributed by atoms with Crippen molar-refractivity contribution in [3.8, 4) is 0 Å². The number of pyridine rings is 1. The number of aromatic nitrogens is 1. The number of aryl methyl sites for hydroxylation is 1. The predicted octanol–water partition coefficient (Wildman–Crippen LogP) is 2.28. The number of ether oxygens (including phenoxy) is 1. The minimum absolute atomic E-state index is 0.00726. The Balaban J connectivity index is 1.27. The molecule has 0 aliphatic carbocycles. The number of thiophene rings is 1. The molecule has 1 unspecified atom stereocenters. The lowest BCUT2D eigenvalue weighted by atomic mass is 10.1. The molecule has 11 heteroatoms. The van der Waals surface area contributed by atoms with Crippen molar-refractivity contribution < 1.29 is 19.2 Å². The molecule has 0 radical (unpaired) electrons. The Hall–Kier alpha value is -3.21. The van der Waals surface area contributed by atoms with Crippen LogP contribution in [0.5, 0.6) is 0 Å². The van der Waals surface area contributed by atoms with Crippen LogP contribution in [0.2, 0.25) is 0 Å². The minimum Gasteiger partial charge on any atom is -0.442 e. The SMILES string of the molecule is Cc1csc(C(=O)N2CCC(N3C(=O)O[C@H]4CN(c5ccc([N+](=O)[O-])cn5)C[C@H]43)C2)c1. The summed E-state index contributed by atoms with van der Waals surface area (Å²) >= 11 is 1.44. The van der Waals surface area contributed by atoms with Crippen LogP contribution < -0.4 is 4.90 Å². The van der Waals surface area contributed by atoms with E-state index in [2.05, 4.69) is 4.98 Å². The van der Waals surface area contributed by atoms with E-state index in [0.29, 0.717) is 38.4 Å². The zero-order valence-corrected chi connectivity index (χ0v) is 17.7. The van der Waals surface area contributed by atoms with Crippen molar-refractivity contribution in [3.05, 3.63) is 50.3 Å². The molecule has 5 heterocycles. The van der Waals surface area contributed by atoms with E-state index in [9.17, 15) is 19.7 Å². The van der Waals surface area contributed by atoms with E-state index in [0.717, 1.165) is 10.4 Å². The molecule has 2 aromatic rings. The van der Waals surface area contributed by atoms with Crippen LogP contribution in [0.4, 0.5) is 16.3 Å². The molecule has 162 valence electrons. The zero-order chi connectivity index (χ0) is 21.7. The molecule has 3 aliphatic rings. The van der Waals surface area contributed by atoms with Crippen LogP contribution in [-0.2, 0) is 4.74 Å². The number of likely N-dealkylation sites (tertiary alicyclic amines) is 1. The maximum Gasteiger partial charge on any atom is 0.410 e. The number of carbonyl (C=O) groups is 2. The number of carbonyl (C=O) groups excluding carboxylic acids is 2. The first-order valence-corrected chi connectivity index (χ1v) is 11.0. The Kier molecular flexibility index (Phi) is 4.77. The number of amides is 2. The second-order valence-electron chi connectivity index (χ2n) is 8.12. The number of nitro groups is 1. The molecule has 5 rings (SSSR count). The lowest BCUT2D eigenvalue weighted by molar-refractivity contribution is -0.385. The Morgan fingerprint density at radius 2 is 2.16 bits per heavy atom. The number of hydrogen-bond acceptors (Lipinski definition) is 8. The highest BCUT2D eigenvalue weighted by Gasteiger charge is 2.51. The van der Waals surface area contributed by atoms with E-state index in [4.69, 9.17) is 4.74 Å². The van der Waals surface area contributed by atoms with Gasteiger partial charge in [-0.2, -0.15) is 0 Å². The third kappa shape index (κ3) is 3.48. The summed E-state index contributed by atoms with van der Waals surface area (Å²) in [6, 6.07) is 4.72. The Morgan fingerprint density at radius 1 is 1.32 bits per heavy atom. The van der Waals surface area contributed by atoms with E-state index in [1.54, 1.807) is 15.9 Å². The monoisotopic (exact) mass is 443 g/mol. The largest absolute Gasteiger partial charge is 0.442 e. The van der Waals surface area contributed by atoms with Gasteiger partial charge in [-0.15, -0.1) is 11.3 Å². The molecule has 0 bridgehead atoms.